The molecule has 1 aliphatic heterocycles. The Morgan fingerprint density at radius 3 is 2.74 bits per heavy atom. The van der Waals surface area contributed by atoms with Crippen LogP contribution in [0.3, 0.4) is 0 Å². The van der Waals surface area contributed by atoms with Crippen LogP contribution in [0.1, 0.15) is 25.3 Å². The number of piperazine rings is 1. The third-order valence-electron chi connectivity index (χ3n) is 4.70. The van der Waals surface area contributed by atoms with Crippen LogP contribution >= 0.6 is 0 Å². The van der Waals surface area contributed by atoms with Crippen molar-refractivity contribution in [2.45, 2.75) is 37.3 Å². The summed E-state index contributed by atoms with van der Waals surface area (Å²) in [6.07, 6.45) is 2.31. The maximum atomic E-state index is 9.95. The van der Waals surface area contributed by atoms with Gasteiger partial charge in [-0.15, -0.1) is 0 Å². The molecule has 1 aromatic carbocycles. The van der Waals surface area contributed by atoms with Gasteiger partial charge in [-0.05, 0) is 25.3 Å². The molecule has 1 heterocycles. The molecular formula is C16H24N2O. The zero-order valence-corrected chi connectivity index (χ0v) is 11.7. The van der Waals surface area contributed by atoms with Crippen molar-refractivity contribution < 1.29 is 5.11 Å². The minimum absolute atomic E-state index is 0.259. The molecule has 1 saturated carbocycles. The first-order chi connectivity index (χ1) is 9.21. The van der Waals surface area contributed by atoms with Gasteiger partial charge < -0.3 is 10.4 Å². The lowest BCUT2D eigenvalue weighted by molar-refractivity contribution is 0.0396. The Labute approximate surface area is 115 Å². The van der Waals surface area contributed by atoms with Crippen LogP contribution in [-0.4, -0.2) is 48.3 Å². The molecule has 2 N–H and O–H groups in total. The van der Waals surface area contributed by atoms with Crippen molar-refractivity contribution in [1.82, 2.24) is 10.2 Å². The Balaban J connectivity index is 1.73. The van der Waals surface area contributed by atoms with Crippen molar-refractivity contribution in [3.05, 3.63) is 35.9 Å². The first-order valence-electron chi connectivity index (χ1n) is 7.40. The molecule has 0 radical (unpaired) electrons. The molecule has 2 aliphatic rings. The number of hydrogen-bond acceptors (Lipinski definition) is 3. The summed E-state index contributed by atoms with van der Waals surface area (Å²) >= 11 is 0. The van der Waals surface area contributed by atoms with Crippen molar-refractivity contribution in [2.24, 2.45) is 0 Å². The summed E-state index contributed by atoms with van der Waals surface area (Å²) in [5.41, 5.74) is 1.82. The molecule has 3 heteroatoms. The van der Waals surface area contributed by atoms with Crippen LogP contribution in [0.25, 0.3) is 0 Å². The maximum absolute atomic E-state index is 9.95. The molecule has 0 aromatic heterocycles. The van der Waals surface area contributed by atoms with Gasteiger partial charge >= 0.3 is 0 Å². The molecule has 1 saturated heterocycles. The quantitative estimate of drug-likeness (QED) is 0.858. The van der Waals surface area contributed by atoms with Gasteiger partial charge in [0.2, 0.25) is 0 Å². The first kappa shape index (κ1) is 13.1. The van der Waals surface area contributed by atoms with Gasteiger partial charge in [0.1, 0.15) is 0 Å². The van der Waals surface area contributed by atoms with Gasteiger partial charge in [0.25, 0.3) is 0 Å². The number of benzene rings is 1. The largest absolute Gasteiger partial charge is 0.392 e. The second-order valence-electron chi connectivity index (χ2n) is 6.13. The van der Waals surface area contributed by atoms with Gasteiger partial charge in [0.05, 0.1) is 6.10 Å². The molecular weight excluding hydrogens is 236 g/mol. The average molecular weight is 260 g/mol. The van der Waals surface area contributed by atoms with Crippen molar-refractivity contribution in [3.8, 4) is 0 Å². The van der Waals surface area contributed by atoms with E-state index >= 15 is 0 Å². The van der Waals surface area contributed by atoms with E-state index in [2.05, 4.69) is 40.5 Å². The van der Waals surface area contributed by atoms with Crippen molar-refractivity contribution in [3.63, 3.8) is 0 Å². The molecule has 3 nitrogen and oxygen atoms in total. The molecule has 1 aromatic rings. The Hall–Kier alpha value is -0.900. The van der Waals surface area contributed by atoms with Crippen molar-refractivity contribution in [1.29, 1.82) is 0 Å². The van der Waals surface area contributed by atoms with Crippen molar-refractivity contribution >= 4 is 0 Å². The summed E-state index contributed by atoms with van der Waals surface area (Å²) in [5, 5.41) is 13.3. The smallest absolute Gasteiger partial charge is 0.0679 e. The van der Waals surface area contributed by atoms with E-state index in [4.69, 9.17) is 0 Å². The summed E-state index contributed by atoms with van der Waals surface area (Å²) in [5.74, 6) is 0. The minimum Gasteiger partial charge on any atom is -0.392 e. The Bertz CT molecular complexity index is 414. The predicted octanol–water partition coefficient (Wildman–Crippen LogP) is 1.37. The second kappa shape index (κ2) is 5.23. The lowest BCUT2D eigenvalue weighted by atomic mass is 9.94. The summed E-state index contributed by atoms with van der Waals surface area (Å²) in [7, 11) is 0. The molecule has 19 heavy (non-hydrogen) atoms. The van der Waals surface area contributed by atoms with Gasteiger partial charge in [-0.3, -0.25) is 4.90 Å². The highest BCUT2D eigenvalue weighted by Crippen LogP contribution is 2.49. The summed E-state index contributed by atoms with van der Waals surface area (Å²) in [6, 6.07) is 11.1. The van der Waals surface area contributed by atoms with Crippen LogP contribution in [0, 0.1) is 0 Å². The second-order valence-corrected chi connectivity index (χ2v) is 6.13. The van der Waals surface area contributed by atoms with E-state index in [1.54, 1.807) is 0 Å². The van der Waals surface area contributed by atoms with E-state index in [1.165, 1.54) is 18.4 Å². The van der Waals surface area contributed by atoms with Crippen LogP contribution in [0.4, 0.5) is 0 Å². The van der Waals surface area contributed by atoms with E-state index < -0.39 is 0 Å². The monoisotopic (exact) mass is 260 g/mol. The van der Waals surface area contributed by atoms with E-state index in [0.717, 1.165) is 26.2 Å². The predicted molar refractivity (Wildman–Crippen MR) is 77.3 cm³/mol. The molecule has 2 fully saturated rings. The van der Waals surface area contributed by atoms with Gasteiger partial charge in [-0.25, -0.2) is 0 Å². The number of hydrogen-bond donors (Lipinski definition) is 2. The summed E-state index contributed by atoms with van der Waals surface area (Å²) < 4.78 is 0. The SMILES string of the molecule is CC(O)[C@H]1CNCCN1CC1(c2ccccc2)CC1. The van der Waals surface area contributed by atoms with Crippen LogP contribution in [-0.2, 0) is 5.41 Å². The highest BCUT2D eigenvalue weighted by Gasteiger charge is 2.46. The van der Waals surface area contributed by atoms with Gasteiger partial charge in [-0.1, -0.05) is 30.3 Å². The summed E-state index contributed by atoms with van der Waals surface area (Å²) in [4.78, 5) is 2.49. The van der Waals surface area contributed by atoms with Crippen LogP contribution in [0.15, 0.2) is 30.3 Å². The van der Waals surface area contributed by atoms with E-state index in [9.17, 15) is 5.11 Å². The fourth-order valence-corrected chi connectivity index (χ4v) is 3.31. The third-order valence-corrected chi connectivity index (χ3v) is 4.70. The zero-order valence-electron chi connectivity index (χ0n) is 11.7. The van der Waals surface area contributed by atoms with E-state index in [-0.39, 0.29) is 12.1 Å². The lowest BCUT2D eigenvalue weighted by Crippen LogP contribution is -2.57. The van der Waals surface area contributed by atoms with Gasteiger partial charge in [0, 0.05) is 37.6 Å². The molecule has 104 valence electrons. The number of rotatable bonds is 4. The lowest BCUT2D eigenvalue weighted by Gasteiger charge is -2.40. The molecule has 0 bridgehead atoms. The molecule has 2 atom stereocenters. The highest BCUT2D eigenvalue weighted by molar-refractivity contribution is 5.31. The molecule has 3 rings (SSSR count). The first-order valence-corrected chi connectivity index (χ1v) is 7.40. The molecule has 1 unspecified atom stereocenters. The van der Waals surface area contributed by atoms with Gasteiger partial charge in [0.15, 0.2) is 0 Å². The normalized spacial score (nSPS) is 28.0. The van der Waals surface area contributed by atoms with Crippen LogP contribution in [0.5, 0.6) is 0 Å². The van der Waals surface area contributed by atoms with Crippen molar-refractivity contribution in [2.75, 3.05) is 26.2 Å². The standard InChI is InChI=1S/C16H24N2O/c1-13(19)15-11-17-9-10-18(15)12-16(7-8-16)14-5-3-2-4-6-14/h2-6,13,15,17,19H,7-12H2,1H3/t13?,15-/m1/s1. The zero-order chi connectivity index (χ0) is 13.3. The third kappa shape index (κ3) is 2.69. The number of aliphatic hydroxyl groups excluding tert-OH is 1. The number of nitrogens with one attached hydrogen (secondary N) is 1. The molecule has 0 spiro atoms. The van der Waals surface area contributed by atoms with Crippen LogP contribution in [0.2, 0.25) is 0 Å². The van der Waals surface area contributed by atoms with E-state index in [1.807, 2.05) is 6.92 Å². The highest BCUT2D eigenvalue weighted by atomic mass is 16.3. The number of aliphatic hydroxyl groups is 1. The fourth-order valence-electron chi connectivity index (χ4n) is 3.31. The molecule has 1 aliphatic carbocycles. The Kier molecular flexibility index (Phi) is 3.61. The van der Waals surface area contributed by atoms with E-state index in [0.29, 0.717) is 5.41 Å². The Morgan fingerprint density at radius 2 is 2.11 bits per heavy atom. The summed E-state index contributed by atoms with van der Waals surface area (Å²) in [6.45, 7) is 5.99. The topological polar surface area (TPSA) is 35.5 Å². The molecule has 0 amide bonds. The van der Waals surface area contributed by atoms with Crippen LogP contribution < -0.4 is 5.32 Å². The number of nitrogens with zero attached hydrogens (tertiary/aromatic N) is 1. The van der Waals surface area contributed by atoms with Gasteiger partial charge in [-0.2, -0.15) is 0 Å². The maximum Gasteiger partial charge on any atom is 0.0679 e. The average Bonchev–Trinajstić information content (AvgIpc) is 3.21. The minimum atomic E-state index is -0.264. The fraction of sp³-hybridized carbons (Fsp3) is 0.625. The Morgan fingerprint density at radius 1 is 1.37 bits per heavy atom.